The van der Waals surface area contributed by atoms with Crippen molar-refractivity contribution in [1.29, 1.82) is 0 Å². The van der Waals surface area contributed by atoms with Crippen molar-refractivity contribution in [3.8, 4) is 40.0 Å². The molecule has 0 aliphatic carbocycles. The first kappa shape index (κ1) is 16.1. The van der Waals surface area contributed by atoms with Gasteiger partial charge >= 0.3 is 0 Å². The van der Waals surface area contributed by atoms with Crippen molar-refractivity contribution in [2.75, 3.05) is 14.2 Å². The number of hydrogen-bond donors (Lipinski definition) is 3. The fourth-order valence-corrected chi connectivity index (χ4v) is 3.57. The molecule has 0 saturated heterocycles. The summed E-state index contributed by atoms with van der Waals surface area (Å²) in [5.41, 5.74) is 1.54. The van der Waals surface area contributed by atoms with Crippen molar-refractivity contribution in [2.24, 2.45) is 0 Å². The Morgan fingerprint density at radius 2 is 1.81 bits per heavy atom. The Balaban J connectivity index is 2.09. The molecule has 0 amide bonds. The summed E-state index contributed by atoms with van der Waals surface area (Å²) in [4.78, 5) is 12.9. The van der Waals surface area contributed by atoms with Gasteiger partial charge in [0.25, 0.3) is 5.56 Å². The van der Waals surface area contributed by atoms with Crippen molar-refractivity contribution in [2.45, 2.75) is 13.0 Å². The Hall–Kier alpha value is -3.35. The fraction of sp³-hybridized carbons (Fsp3) is 0.211. The summed E-state index contributed by atoms with van der Waals surface area (Å²) in [6.45, 7) is 0.329. The van der Waals surface area contributed by atoms with Crippen LogP contribution in [0.15, 0.2) is 29.1 Å². The van der Waals surface area contributed by atoms with Gasteiger partial charge in [0, 0.05) is 17.7 Å². The first-order valence-corrected chi connectivity index (χ1v) is 8.03. The van der Waals surface area contributed by atoms with Crippen molar-refractivity contribution in [3.05, 3.63) is 40.2 Å². The minimum Gasteiger partial charge on any atom is -0.504 e. The van der Waals surface area contributed by atoms with Gasteiger partial charge in [0.2, 0.25) is 5.75 Å². The van der Waals surface area contributed by atoms with Crippen LogP contribution in [0.4, 0.5) is 0 Å². The molecule has 26 heavy (non-hydrogen) atoms. The molecule has 0 spiro atoms. The minimum absolute atomic E-state index is 0.00537. The third-order valence-electron chi connectivity index (χ3n) is 4.84. The van der Waals surface area contributed by atoms with Crippen molar-refractivity contribution in [1.82, 2.24) is 4.57 Å². The van der Waals surface area contributed by atoms with Crippen LogP contribution < -0.4 is 15.0 Å². The fourth-order valence-electron chi connectivity index (χ4n) is 3.57. The van der Waals surface area contributed by atoms with E-state index >= 15 is 0 Å². The van der Waals surface area contributed by atoms with E-state index in [4.69, 9.17) is 9.47 Å². The van der Waals surface area contributed by atoms with E-state index in [1.54, 1.807) is 18.2 Å². The SMILES string of the molecule is COc1cc2c(c(O)c1OC)CCn1c-2cc2ccc(O)c(O)c2c1=O. The first-order chi connectivity index (χ1) is 12.5. The molecule has 1 aliphatic rings. The van der Waals surface area contributed by atoms with E-state index in [-0.39, 0.29) is 22.6 Å². The first-order valence-electron chi connectivity index (χ1n) is 8.03. The van der Waals surface area contributed by atoms with Crippen molar-refractivity contribution >= 4 is 10.8 Å². The third kappa shape index (κ3) is 2.03. The molecule has 1 aromatic heterocycles. The van der Waals surface area contributed by atoms with E-state index in [0.29, 0.717) is 40.9 Å². The molecule has 7 heteroatoms. The Kier molecular flexibility index (Phi) is 3.47. The molecule has 3 aromatic rings. The molecule has 0 bridgehead atoms. The summed E-state index contributed by atoms with van der Waals surface area (Å²) in [6.07, 6.45) is 0.416. The second-order valence-corrected chi connectivity index (χ2v) is 6.12. The molecule has 134 valence electrons. The molecule has 3 N–H and O–H groups in total. The Morgan fingerprint density at radius 3 is 2.50 bits per heavy atom. The van der Waals surface area contributed by atoms with Gasteiger partial charge in [0.15, 0.2) is 23.0 Å². The van der Waals surface area contributed by atoms with Crippen LogP contribution in [0.2, 0.25) is 0 Å². The quantitative estimate of drug-likeness (QED) is 0.610. The number of ether oxygens (including phenoxy) is 2. The predicted octanol–water partition coefficient (Wildman–Crippen LogP) is 2.36. The van der Waals surface area contributed by atoms with Gasteiger partial charge in [-0.25, -0.2) is 0 Å². The number of phenols is 3. The number of benzene rings is 2. The van der Waals surface area contributed by atoms with Gasteiger partial charge in [-0.2, -0.15) is 0 Å². The second-order valence-electron chi connectivity index (χ2n) is 6.12. The highest BCUT2D eigenvalue weighted by Gasteiger charge is 2.26. The van der Waals surface area contributed by atoms with Crippen LogP contribution in [0.1, 0.15) is 5.56 Å². The summed E-state index contributed by atoms with van der Waals surface area (Å²) >= 11 is 0. The number of phenolic OH excluding ortho intramolecular Hbond substituents is 3. The zero-order valence-electron chi connectivity index (χ0n) is 14.2. The maximum atomic E-state index is 12.9. The van der Waals surface area contributed by atoms with E-state index in [9.17, 15) is 20.1 Å². The third-order valence-corrected chi connectivity index (χ3v) is 4.84. The molecule has 0 atom stereocenters. The molecular formula is C19H17NO6. The highest BCUT2D eigenvalue weighted by atomic mass is 16.5. The molecule has 0 saturated carbocycles. The normalized spacial score (nSPS) is 12.5. The largest absolute Gasteiger partial charge is 0.504 e. The standard InChI is InChI=1S/C19H17NO6/c1-25-14-8-11-10(16(22)18(14)26-2)5-6-20-12(11)7-9-3-4-13(21)17(23)15(9)19(20)24/h3-4,7-8,21-23H,5-6H2,1-2H3. The molecule has 0 fully saturated rings. The van der Waals surface area contributed by atoms with Gasteiger partial charge in [-0.15, -0.1) is 0 Å². The zero-order valence-corrected chi connectivity index (χ0v) is 14.2. The number of rotatable bonds is 2. The van der Waals surface area contributed by atoms with E-state index in [1.165, 1.54) is 24.9 Å². The van der Waals surface area contributed by atoms with E-state index in [0.717, 1.165) is 0 Å². The van der Waals surface area contributed by atoms with Gasteiger partial charge in [-0.05, 0) is 30.0 Å². The number of fused-ring (bicyclic) bond motifs is 4. The maximum Gasteiger partial charge on any atom is 0.262 e. The lowest BCUT2D eigenvalue weighted by molar-refractivity contribution is 0.331. The van der Waals surface area contributed by atoms with Crippen molar-refractivity contribution < 1.29 is 24.8 Å². The van der Waals surface area contributed by atoms with E-state index < -0.39 is 11.3 Å². The van der Waals surface area contributed by atoms with Gasteiger partial charge in [-0.3, -0.25) is 4.79 Å². The van der Waals surface area contributed by atoms with Crippen LogP contribution in [0.5, 0.6) is 28.7 Å². The smallest absolute Gasteiger partial charge is 0.262 e. The van der Waals surface area contributed by atoms with Crippen LogP contribution >= 0.6 is 0 Å². The summed E-state index contributed by atoms with van der Waals surface area (Å²) in [6, 6.07) is 6.38. The predicted molar refractivity (Wildman–Crippen MR) is 95.4 cm³/mol. The highest BCUT2D eigenvalue weighted by molar-refractivity contribution is 5.93. The summed E-state index contributed by atoms with van der Waals surface area (Å²) in [5, 5.41) is 30.9. The number of aromatic hydroxyl groups is 3. The molecule has 0 radical (unpaired) electrons. The molecule has 4 rings (SSSR count). The molecule has 1 aliphatic heterocycles. The van der Waals surface area contributed by atoms with Gasteiger partial charge in [0.05, 0.1) is 25.3 Å². The van der Waals surface area contributed by atoms with Gasteiger partial charge in [-0.1, -0.05) is 6.07 Å². The minimum atomic E-state index is -0.427. The topological polar surface area (TPSA) is 101 Å². The van der Waals surface area contributed by atoms with E-state index in [1.807, 2.05) is 0 Å². The van der Waals surface area contributed by atoms with Crippen molar-refractivity contribution in [3.63, 3.8) is 0 Å². The van der Waals surface area contributed by atoms with Crippen LogP contribution in [0.25, 0.3) is 22.0 Å². The van der Waals surface area contributed by atoms with Gasteiger partial charge < -0.3 is 29.4 Å². The average Bonchev–Trinajstić information content (AvgIpc) is 2.64. The monoisotopic (exact) mass is 355 g/mol. The summed E-state index contributed by atoms with van der Waals surface area (Å²) in [7, 11) is 2.93. The number of methoxy groups -OCH3 is 2. The Morgan fingerprint density at radius 1 is 1.04 bits per heavy atom. The maximum absolute atomic E-state index is 12.9. The van der Waals surface area contributed by atoms with Crippen LogP contribution in [0.3, 0.4) is 0 Å². The molecular weight excluding hydrogens is 338 g/mol. The number of nitrogens with zero attached hydrogens (tertiary/aromatic N) is 1. The van der Waals surface area contributed by atoms with Crippen LogP contribution in [-0.2, 0) is 13.0 Å². The Labute approximate surface area is 148 Å². The van der Waals surface area contributed by atoms with Gasteiger partial charge in [0.1, 0.15) is 0 Å². The number of aromatic nitrogens is 1. The second kappa shape index (κ2) is 5.59. The molecule has 2 aromatic carbocycles. The summed E-state index contributed by atoms with van der Waals surface area (Å²) < 4.78 is 12.1. The molecule has 7 nitrogen and oxygen atoms in total. The lowest BCUT2D eigenvalue weighted by atomic mass is 9.94. The number of hydrogen-bond acceptors (Lipinski definition) is 6. The van der Waals surface area contributed by atoms with E-state index in [2.05, 4.69) is 0 Å². The Bertz CT molecular complexity index is 1120. The number of pyridine rings is 1. The van der Waals surface area contributed by atoms with Crippen LogP contribution in [-0.4, -0.2) is 34.1 Å². The summed E-state index contributed by atoms with van der Waals surface area (Å²) in [5.74, 6) is -0.155. The lowest BCUT2D eigenvalue weighted by Crippen LogP contribution is -2.26. The highest BCUT2D eigenvalue weighted by Crippen LogP contribution is 2.46. The molecule has 0 unspecified atom stereocenters. The van der Waals surface area contributed by atoms with Crippen LogP contribution in [0, 0.1) is 0 Å². The average molecular weight is 355 g/mol. The lowest BCUT2D eigenvalue weighted by Gasteiger charge is -2.25. The molecule has 2 heterocycles. The zero-order chi connectivity index (χ0) is 18.6.